The smallest absolute Gasteiger partial charge is 0.258 e. The largest absolute Gasteiger partial charge is 0.469 e. The van der Waals surface area contributed by atoms with Crippen molar-refractivity contribution in [1.29, 1.82) is 0 Å². The first-order valence-electron chi connectivity index (χ1n) is 11.9. The molecule has 0 spiro atoms. The Bertz CT molecular complexity index is 1020. The zero-order valence-electron chi connectivity index (χ0n) is 19.3. The summed E-state index contributed by atoms with van der Waals surface area (Å²) in [6.07, 6.45) is 1.55. The van der Waals surface area contributed by atoms with Crippen LogP contribution in [0.1, 0.15) is 50.0 Å². The minimum Gasteiger partial charge on any atom is -0.469 e. The molecule has 2 bridgehead atoms. The first kappa shape index (κ1) is 22.7. The van der Waals surface area contributed by atoms with Crippen LogP contribution in [0.5, 0.6) is 0 Å². The van der Waals surface area contributed by atoms with Crippen molar-refractivity contribution in [1.82, 2.24) is 4.90 Å². The standard InChI is InChI=1S/C23H27N3O9/c1-22(2)34-20-15(13-7-5-11-31-13)17(25(27)28)19-18(26(29)30)16(14-8-6-12-32-14)21(35-22)23(20,33-19)24-9-3-4-10-24/h5-8,11-12,15-21H,3-4,9-10H2,1-2H3/t15-,16-,17-,18-,19?,20-,21+,23?/m0/s1. The molecule has 0 aromatic carbocycles. The highest BCUT2D eigenvalue weighted by Gasteiger charge is 2.78. The van der Waals surface area contributed by atoms with Gasteiger partial charge in [0.15, 0.2) is 17.6 Å². The van der Waals surface area contributed by atoms with Crippen molar-refractivity contribution >= 4 is 0 Å². The fourth-order valence-electron chi connectivity index (χ4n) is 6.69. The number of rotatable bonds is 5. The quantitative estimate of drug-likeness (QED) is 0.454. The third kappa shape index (κ3) is 3.20. The van der Waals surface area contributed by atoms with Gasteiger partial charge in [-0.2, -0.15) is 0 Å². The third-order valence-corrected chi connectivity index (χ3v) is 7.85. The molecule has 4 aliphatic heterocycles. The lowest BCUT2D eigenvalue weighted by Crippen LogP contribution is -2.83. The maximum absolute atomic E-state index is 12.6. The Labute approximate surface area is 200 Å². The average Bonchev–Trinajstić information content (AvgIpc) is 3.58. The fraction of sp³-hybridized carbons (Fsp3) is 0.652. The summed E-state index contributed by atoms with van der Waals surface area (Å²) < 4.78 is 30.9. The van der Waals surface area contributed by atoms with E-state index in [4.69, 9.17) is 23.0 Å². The molecule has 6 heterocycles. The molecule has 2 aromatic heterocycles. The molecule has 12 nitrogen and oxygen atoms in total. The second-order valence-electron chi connectivity index (χ2n) is 10.1. The van der Waals surface area contributed by atoms with Gasteiger partial charge in [-0.25, -0.2) is 0 Å². The van der Waals surface area contributed by atoms with E-state index in [9.17, 15) is 20.2 Å². The Hall–Kier alpha value is -2.80. The maximum atomic E-state index is 12.6. The monoisotopic (exact) mass is 489 g/mol. The van der Waals surface area contributed by atoms with Crippen LogP contribution in [-0.4, -0.2) is 69.7 Å². The van der Waals surface area contributed by atoms with Gasteiger partial charge in [0.25, 0.3) is 12.1 Å². The molecule has 188 valence electrons. The molecule has 4 aliphatic rings. The van der Waals surface area contributed by atoms with E-state index in [2.05, 4.69) is 4.90 Å². The normalized spacial score (nSPS) is 40.5. The zero-order chi connectivity index (χ0) is 24.5. The molecule has 2 aromatic rings. The molecular formula is C23H27N3O9. The van der Waals surface area contributed by atoms with Crippen molar-refractivity contribution < 1.29 is 32.9 Å². The van der Waals surface area contributed by atoms with E-state index in [1.54, 1.807) is 38.1 Å². The van der Waals surface area contributed by atoms with Crippen molar-refractivity contribution in [2.45, 2.75) is 80.4 Å². The lowest BCUT2D eigenvalue weighted by Gasteiger charge is -2.65. The number of fused-ring (bicyclic) bond motifs is 1. The van der Waals surface area contributed by atoms with E-state index in [1.807, 2.05) is 0 Å². The highest BCUT2D eigenvalue weighted by atomic mass is 16.8. The number of furan rings is 2. The molecule has 0 N–H and O–H groups in total. The van der Waals surface area contributed by atoms with Gasteiger partial charge in [-0.05, 0) is 51.0 Å². The van der Waals surface area contributed by atoms with Gasteiger partial charge in [0.05, 0.1) is 12.5 Å². The summed E-state index contributed by atoms with van der Waals surface area (Å²) in [6, 6.07) is 3.66. The Morgan fingerprint density at radius 2 is 1.34 bits per heavy atom. The van der Waals surface area contributed by atoms with Gasteiger partial charge in [0.1, 0.15) is 35.6 Å². The number of hydrogen-bond acceptors (Lipinski definition) is 10. The molecule has 35 heavy (non-hydrogen) atoms. The lowest BCUT2D eigenvalue weighted by atomic mass is 9.65. The Morgan fingerprint density at radius 1 is 0.857 bits per heavy atom. The van der Waals surface area contributed by atoms with Gasteiger partial charge in [0, 0.05) is 22.9 Å². The van der Waals surface area contributed by atoms with Crippen LogP contribution in [0, 0.1) is 20.2 Å². The topological polar surface area (TPSA) is 143 Å². The predicted octanol–water partition coefficient (Wildman–Crippen LogP) is 2.76. The summed E-state index contributed by atoms with van der Waals surface area (Å²) in [6.45, 7) is 4.72. The zero-order valence-corrected chi connectivity index (χ0v) is 19.3. The van der Waals surface area contributed by atoms with E-state index >= 15 is 0 Å². The average molecular weight is 489 g/mol. The maximum Gasteiger partial charge on any atom is 0.258 e. The van der Waals surface area contributed by atoms with E-state index in [0.29, 0.717) is 24.6 Å². The fourth-order valence-corrected chi connectivity index (χ4v) is 6.69. The summed E-state index contributed by atoms with van der Waals surface area (Å²) >= 11 is 0. The van der Waals surface area contributed by atoms with E-state index < -0.39 is 63.6 Å². The van der Waals surface area contributed by atoms with Crippen molar-refractivity contribution in [3.8, 4) is 0 Å². The van der Waals surface area contributed by atoms with Crippen LogP contribution in [-0.2, 0) is 14.2 Å². The van der Waals surface area contributed by atoms with Gasteiger partial charge in [0.2, 0.25) is 0 Å². The van der Waals surface area contributed by atoms with Crippen LogP contribution in [0.15, 0.2) is 45.6 Å². The Balaban J connectivity index is 1.64. The minimum absolute atomic E-state index is 0.337. The van der Waals surface area contributed by atoms with Crippen molar-refractivity contribution in [3.05, 3.63) is 68.5 Å². The summed E-state index contributed by atoms with van der Waals surface area (Å²) in [5, 5.41) is 25.2. The number of ether oxygens (including phenoxy) is 3. The molecule has 0 aliphatic carbocycles. The van der Waals surface area contributed by atoms with Gasteiger partial charge >= 0.3 is 0 Å². The molecule has 0 amide bonds. The SMILES string of the molecule is CC1(C)O[C@@H]2[C@@H](c3ccco3)[C@H]([N+](=O)[O-])C3OC2(N2CCCC2)[C@@H](O1)[C@@H](c1ccco1)[C@@H]3[N+](=O)[O-]. The second kappa shape index (κ2) is 7.85. The van der Waals surface area contributed by atoms with Gasteiger partial charge in [-0.3, -0.25) is 25.1 Å². The van der Waals surface area contributed by atoms with Crippen LogP contribution in [0.4, 0.5) is 0 Å². The van der Waals surface area contributed by atoms with Crippen LogP contribution >= 0.6 is 0 Å². The summed E-state index contributed by atoms with van der Waals surface area (Å²) in [7, 11) is 0. The number of nitrogens with zero attached hydrogens (tertiary/aromatic N) is 3. The summed E-state index contributed by atoms with van der Waals surface area (Å²) in [4.78, 5) is 26.3. The van der Waals surface area contributed by atoms with E-state index in [0.717, 1.165) is 12.8 Å². The summed E-state index contributed by atoms with van der Waals surface area (Å²) in [5.41, 5.74) is -1.30. The highest BCUT2D eigenvalue weighted by Crippen LogP contribution is 2.59. The first-order chi connectivity index (χ1) is 16.7. The van der Waals surface area contributed by atoms with Crippen LogP contribution in [0.25, 0.3) is 0 Å². The predicted molar refractivity (Wildman–Crippen MR) is 117 cm³/mol. The van der Waals surface area contributed by atoms with E-state index in [1.165, 1.54) is 12.5 Å². The van der Waals surface area contributed by atoms with Crippen LogP contribution in [0.2, 0.25) is 0 Å². The summed E-state index contributed by atoms with van der Waals surface area (Å²) in [5.74, 6) is -2.38. The first-order valence-corrected chi connectivity index (χ1v) is 11.9. The molecule has 0 saturated carbocycles. The van der Waals surface area contributed by atoms with E-state index in [-0.39, 0.29) is 0 Å². The lowest BCUT2D eigenvalue weighted by molar-refractivity contribution is -0.623. The number of hydrogen-bond donors (Lipinski definition) is 0. The van der Waals surface area contributed by atoms with Gasteiger partial charge in [-0.1, -0.05) is 0 Å². The molecule has 8 atom stereocenters. The molecular weight excluding hydrogens is 462 g/mol. The van der Waals surface area contributed by atoms with Gasteiger partial charge in [-0.15, -0.1) is 0 Å². The molecule has 4 fully saturated rings. The number of nitro groups is 2. The van der Waals surface area contributed by atoms with Crippen molar-refractivity contribution in [3.63, 3.8) is 0 Å². The highest BCUT2D eigenvalue weighted by molar-refractivity contribution is 5.28. The molecule has 12 heteroatoms. The van der Waals surface area contributed by atoms with Crippen LogP contribution < -0.4 is 0 Å². The Morgan fingerprint density at radius 3 is 1.74 bits per heavy atom. The van der Waals surface area contributed by atoms with Crippen molar-refractivity contribution in [2.75, 3.05) is 13.1 Å². The van der Waals surface area contributed by atoms with Crippen molar-refractivity contribution in [2.24, 2.45) is 0 Å². The molecule has 6 rings (SSSR count). The Kier molecular flexibility index (Phi) is 5.08. The number of likely N-dealkylation sites (tertiary alicyclic amines) is 1. The minimum atomic E-state index is -1.48. The molecule has 0 radical (unpaired) electrons. The van der Waals surface area contributed by atoms with Gasteiger partial charge < -0.3 is 23.0 Å². The third-order valence-electron chi connectivity index (χ3n) is 7.85. The molecule has 2 unspecified atom stereocenters. The second-order valence-corrected chi connectivity index (χ2v) is 10.1. The van der Waals surface area contributed by atoms with Crippen LogP contribution in [0.3, 0.4) is 0 Å². The molecule has 4 saturated heterocycles.